The van der Waals surface area contributed by atoms with Crippen molar-refractivity contribution in [3.63, 3.8) is 0 Å². The van der Waals surface area contributed by atoms with Crippen molar-refractivity contribution in [1.29, 1.82) is 5.53 Å². The first-order valence-electron chi connectivity index (χ1n) is 3.48. The predicted octanol–water partition coefficient (Wildman–Crippen LogP) is 2.73. The van der Waals surface area contributed by atoms with Crippen LogP contribution in [0.4, 0.5) is 0 Å². The maximum atomic E-state index is 6.54. The molecule has 11 heavy (non-hydrogen) atoms. The summed E-state index contributed by atoms with van der Waals surface area (Å²) < 4.78 is 0. The van der Waals surface area contributed by atoms with Crippen LogP contribution in [0.15, 0.2) is 41.5 Å². The summed E-state index contributed by atoms with van der Waals surface area (Å²) in [6, 6.07) is 9.97. The highest BCUT2D eigenvalue weighted by Gasteiger charge is 1.80. The van der Waals surface area contributed by atoms with E-state index in [1.807, 2.05) is 42.5 Å². The van der Waals surface area contributed by atoms with Crippen LogP contribution in [0, 0.1) is 5.53 Å². The predicted molar refractivity (Wildman–Crippen MR) is 45.5 cm³/mol. The van der Waals surface area contributed by atoms with Crippen LogP contribution in [0.25, 0.3) is 6.08 Å². The fourth-order valence-corrected chi connectivity index (χ4v) is 0.806. The zero-order valence-electron chi connectivity index (χ0n) is 6.20. The van der Waals surface area contributed by atoms with Gasteiger partial charge < -0.3 is 0 Å². The van der Waals surface area contributed by atoms with Crippen molar-refractivity contribution in [2.45, 2.75) is 0 Å². The van der Waals surface area contributed by atoms with Gasteiger partial charge in [0, 0.05) is 0 Å². The third kappa shape index (κ3) is 2.76. The van der Waals surface area contributed by atoms with E-state index < -0.39 is 0 Å². The lowest BCUT2D eigenvalue weighted by molar-refractivity contribution is 1.01. The molecule has 0 aliphatic heterocycles. The van der Waals surface area contributed by atoms with E-state index in [1.54, 1.807) is 0 Å². The summed E-state index contributed by atoms with van der Waals surface area (Å²) in [6.07, 6.45) is 3.82. The Morgan fingerprint density at radius 3 is 2.64 bits per heavy atom. The van der Waals surface area contributed by atoms with Gasteiger partial charge in [0.25, 0.3) is 0 Å². The molecule has 0 atom stereocenters. The first-order chi connectivity index (χ1) is 5.43. The van der Waals surface area contributed by atoms with Gasteiger partial charge >= 0.3 is 0 Å². The Bertz CT molecular complexity index is 239. The molecule has 2 nitrogen and oxygen atoms in total. The van der Waals surface area contributed by atoms with Gasteiger partial charge in [-0.25, -0.2) is 5.53 Å². The summed E-state index contributed by atoms with van der Waals surface area (Å²) in [5, 5.41) is 3.21. The molecule has 0 saturated carbocycles. The summed E-state index contributed by atoms with van der Waals surface area (Å²) in [5.41, 5.74) is 7.69. The van der Waals surface area contributed by atoms with Crippen molar-refractivity contribution in [1.82, 2.24) is 0 Å². The molecule has 1 aromatic rings. The fourth-order valence-electron chi connectivity index (χ4n) is 0.806. The van der Waals surface area contributed by atoms with E-state index in [4.69, 9.17) is 5.53 Å². The molecular formula is C9H10N2. The van der Waals surface area contributed by atoms with Gasteiger partial charge in [-0.05, 0) is 5.56 Å². The molecule has 2 heteroatoms. The molecule has 1 rings (SSSR count). The van der Waals surface area contributed by atoms with Crippen molar-refractivity contribution in [2.24, 2.45) is 5.11 Å². The highest BCUT2D eigenvalue weighted by Crippen LogP contribution is 2.00. The molecule has 0 aromatic heterocycles. The standard InChI is InChI=1S/C9H10N2/c10-11-8-4-7-9-5-2-1-3-6-9/h1-7,10H,8H2/b7-4+,11-10?. The minimum atomic E-state index is 0.467. The molecule has 0 unspecified atom stereocenters. The maximum Gasteiger partial charge on any atom is 0.0780 e. The van der Waals surface area contributed by atoms with Gasteiger partial charge in [-0.1, -0.05) is 42.5 Å². The van der Waals surface area contributed by atoms with Crippen LogP contribution in [-0.2, 0) is 0 Å². The van der Waals surface area contributed by atoms with Crippen LogP contribution in [0.5, 0.6) is 0 Å². The van der Waals surface area contributed by atoms with Crippen molar-refractivity contribution in [2.75, 3.05) is 6.54 Å². The Balaban J connectivity index is 2.57. The lowest BCUT2D eigenvalue weighted by Gasteiger charge is -1.88. The second kappa shape index (κ2) is 4.39. The monoisotopic (exact) mass is 146 g/mol. The topological polar surface area (TPSA) is 36.2 Å². The first-order valence-corrected chi connectivity index (χ1v) is 3.48. The van der Waals surface area contributed by atoms with E-state index in [2.05, 4.69) is 5.11 Å². The summed E-state index contributed by atoms with van der Waals surface area (Å²) in [7, 11) is 0. The molecule has 0 bridgehead atoms. The molecule has 56 valence electrons. The Hall–Kier alpha value is -1.44. The zero-order valence-corrected chi connectivity index (χ0v) is 6.20. The molecule has 0 aliphatic rings. The molecule has 0 spiro atoms. The highest BCUT2D eigenvalue weighted by molar-refractivity contribution is 5.48. The smallest absolute Gasteiger partial charge is 0.0780 e. The first kappa shape index (κ1) is 7.66. The summed E-state index contributed by atoms with van der Waals surface area (Å²) in [6.45, 7) is 0.467. The van der Waals surface area contributed by atoms with Crippen LogP contribution in [0.3, 0.4) is 0 Å². The third-order valence-corrected chi connectivity index (χ3v) is 1.31. The fraction of sp³-hybridized carbons (Fsp3) is 0.111. The molecule has 0 saturated heterocycles. The molecule has 1 aromatic carbocycles. The van der Waals surface area contributed by atoms with E-state index >= 15 is 0 Å². The number of hydrogen-bond acceptors (Lipinski definition) is 2. The van der Waals surface area contributed by atoms with Gasteiger partial charge in [0.2, 0.25) is 0 Å². The SMILES string of the molecule is N=NC/C=C/c1ccccc1. The lowest BCUT2D eigenvalue weighted by atomic mass is 10.2. The van der Waals surface area contributed by atoms with Gasteiger partial charge in [0.15, 0.2) is 0 Å². The van der Waals surface area contributed by atoms with Crippen molar-refractivity contribution in [3.8, 4) is 0 Å². The Morgan fingerprint density at radius 1 is 1.27 bits per heavy atom. The minimum absolute atomic E-state index is 0.467. The largest absolute Gasteiger partial charge is 0.210 e. The Morgan fingerprint density at radius 2 is 2.00 bits per heavy atom. The van der Waals surface area contributed by atoms with Gasteiger partial charge in [-0.3, -0.25) is 0 Å². The molecule has 1 N–H and O–H groups in total. The normalized spacial score (nSPS) is 10.2. The zero-order chi connectivity index (χ0) is 7.94. The molecule has 0 amide bonds. The molecule has 0 fully saturated rings. The van der Waals surface area contributed by atoms with E-state index in [9.17, 15) is 0 Å². The quantitative estimate of drug-likeness (QED) is 0.636. The van der Waals surface area contributed by atoms with Crippen LogP contribution < -0.4 is 0 Å². The van der Waals surface area contributed by atoms with Crippen molar-refractivity contribution < 1.29 is 0 Å². The molecule has 0 aliphatic carbocycles. The minimum Gasteiger partial charge on any atom is -0.210 e. The van der Waals surface area contributed by atoms with Gasteiger partial charge in [0.05, 0.1) is 6.54 Å². The molecule has 0 heterocycles. The average Bonchev–Trinajstić information content (AvgIpc) is 2.07. The van der Waals surface area contributed by atoms with Crippen LogP contribution in [0.2, 0.25) is 0 Å². The number of hydrogen-bond donors (Lipinski definition) is 1. The number of rotatable bonds is 3. The number of nitrogens with one attached hydrogen (secondary N) is 1. The lowest BCUT2D eigenvalue weighted by Crippen LogP contribution is -1.70. The summed E-state index contributed by atoms with van der Waals surface area (Å²) in [5.74, 6) is 0. The van der Waals surface area contributed by atoms with Crippen LogP contribution >= 0.6 is 0 Å². The van der Waals surface area contributed by atoms with Gasteiger partial charge in [-0.15, -0.1) is 0 Å². The summed E-state index contributed by atoms with van der Waals surface area (Å²) >= 11 is 0. The Kier molecular flexibility index (Phi) is 3.06. The van der Waals surface area contributed by atoms with Crippen molar-refractivity contribution >= 4 is 6.08 Å². The summed E-state index contributed by atoms with van der Waals surface area (Å²) in [4.78, 5) is 0. The Labute approximate surface area is 66.1 Å². The third-order valence-electron chi connectivity index (χ3n) is 1.31. The van der Waals surface area contributed by atoms with E-state index in [0.29, 0.717) is 6.54 Å². The van der Waals surface area contributed by atoms with Crippen LogP contribution in [-0.4, -0.2) is 6.54 Å². The van der Waals surface area contributed by atoms with E-state index in [1.165, 1.54) is 0 Å². The van der Waals surface area contributed by atoms with Gasteiger partial charge in [-0.2, -0.15) is 5.11 Å². The average molecular weight is 146 g/mol. The van der Waals surface area contributed by atoms with E-state index in [0.717, 1.165) is 5.56 Å². The van der Waals surface area contributed by atoms with Gasteiger partial charge in [0.1, 0.15) is 0 Å². The maximum absolute atomic E-state index is 6.54. The number of benzene rings is 1. The van der Waals surface area contributed by atoms with Crippen LogP contribution in [0.1, 0.15) is 5.56 Å². The number of nitrogens with zero attached hydrogens (tertiary/aromatic N) is 1. The van der Waals surface area contributed by atoms with E-state index in [-0.39, 0.29) is 0 Å². The second-order valence-electron chi connectivity index (χ2n) is 2.15. The van der Waals surface area contributed by atoms with Crippen molar-refractivity contribution in [3.05, 3.63) is 42.0 Å². The second-order valence-corrected chi connectivity index (χ2v) is 2.15. The molecule has 0 radical (unpaired) electrons. The highest BCUT2D eigenvalue weighted by atomic mass is 14.9. The molecular weight excluding hydrogens is 136 g/mol.